The molecule has 0 unspecified atom stereocenters. The molecule has 3 aromatic carbocycles. The average Bonchev–Trinajstić information content (AvgIpc) is 2.93. The molecule has 0 spiro atoms. The molecule has 2 N–H and O–H groups in total. The Morgan fingerprint density at radius 2 is 1.46 bits per heavy atom. The van der Waals surface area contributed by atoms with E-state index in [1.165, 1.54) is 6.21 Å². The predicted octanol–water partition coefficient (Wildman–Crippen LogP) is 3.97. The normalized spacial score (nSPS) is 10.5. The summed E-state index contributed by atoms with van der Waals surface area (Å²) in [6, 6.07) is 19.9. The van der Waals surface area contributed by atoms with E-state index in [4.69, 9.17) is 14.2 Å². The van der Waals surface area contributed by atoms with Crippen LogP contribution in [0.5, 0.6) is 17.2 Å². The lowest BCUT2D eigenvalue weighted by molar-refractivity contribution is -0.120. The van der Waals surface area contributed by atoms with Crippen molar-refractivity contribution in [3.8, 4) is 17.2 Å². The number of nitrogens with zero attached hydrogens (tertiary/aromatic N) is 1. The largest absolute Gasteiger partial charge is 0.497 e. The van der Waals surface area contributed by atoms with Gasteiger partial charge in [0.1, 0.15) is 17.2 Å². The maximum atomic E-state index is 12.2. The van der Waals surface area contributed by atoms with Gasteiger partial charge in [0.05, 0.1) is 32.0 Å². The Morgan fingerprint density at radius 3 is 2.11 bits per heavy atom. The molecular weight excluding hydrogens is 474 g/mol. The van der Waals surface area contributed by atoms with Gasteiger partial charge in [0.25, 0.3) is 11.8 Å². The molecular formula is C28H29N3O6. The number of ether oxygens (including phenoxy) is 3. The number of benzene rings is 3. The summed E-state index contributed by atoms with van der Waals surface area (Å²) in [7, 11) is 1.55. The highest BCUT2D eigenvalue weighted by atomic mass is 16.5. The van der Waals surface area contributed by atoms with Crippen molar-refractivity contribution >= 4 is 24.0 Å². The lowest BCUT2D eigenvalue weighted by atomic mass is 10.2. The number of unbranched alkanes of at least 4 members (excludes halogenated alkanes) is 1. The van der Waals surface area contributed by atoms with E-state index < -0.39 is 11.9 Å². The molecule has 0 radical (unpaired) electrons. The van der Waals surface area contributed by atoms with E-state index in [0.29, 0.717) is 40.5 Å². The van der Waals surface area contributed by atoms with Crippen molar-refractivity contribution in [1.29, 1.82) is 0 Å². The highest BCUT2D eigenvalue weighted by Crippen LogP contribution is 2.16. The van der Waals surface area contributed by atoms with Gasteiger partial charge < -0.3 is 19.5 Å². The molecule has 0 aromatic heterocycles. The van der Waals surface area contributed by atoms with Crippen LogP contribution in [-0.4, -0.2) is 44.3 Å². The first-order valence-electron chi connectivity index (χ1n) is 11.8. The van der Waals surface area contributed by atoms with E-state index in [9.17, 15) is 14.4 Å². The van der Waals surface area contributed by atoms with Crippen LogP contribution < -0.4 is 25.0 Å². The number of hydrogen-bond acceptors (Lipinski definition) is 7. The van der Waals surface area contributed by atoms with Crippen molar-refractivity contribution in [3.63, 3.8) is 0 Å². The number of carbonyl (C=O) groups is 3. The third-order valence-corrected chi connectivity index (χ3v) is 5.11. The summed E-state index contributed by atoms with van der Waals surface area (Å²) in [5.41, 5.74) is 3.85. The van der Waals surface area contributed by atoms with Gasteiger partial charge in [-0.1, -0.05) is 13.3 Å². The highest BCUT2D eigenvalue weighted by Gasteiger charge is 2.09. The van der Waals surface area contributed by atoms with E-state index >= 15 is 0 Å². The summed E-state index contributed by atoms with van der Waals surface area (Å²) in [5.74, 6) is 0.363. The first kappa shape index (κ1) is 26.9. The van der Waals surface area contributed by atoms with Gasteiger partial charge in [-0.25, -0.2) is 10.2 Å². The van der Waals surface area contributed by atoms with Crippen LogP contribution in [0.15, 0.2) is 77.9 Å². The van der Waals surface area contributed by atoms with Gasteiger partial charge in [0.15, 0.2) is 0 Å². The summed E-state index contributed by atoms with van der Waals surface area (Å²) in [5, 5.41) is 6.43. The topological polar surface area (TPSA) is 115 Å². The van der Waals surface area contributed by atoms with Crippen molar-refractivity contribution in [2.45, 2.75) is 19.8 Å². The Balaban J connectivity index is 1.40. The van der Waals surface area contributed by atoms with Crippen LogP contribution in [0.2, 0.25) is 0 Å². The van der Waals surface area contributed by atoms with Gasteiger partial charge in [-0.15, -0.1) is 0 Å². The second-order valence-corrected chi connectivity index (χ2v) is 7.89. The van der Waals surface area contributed by atoms with Crippen molar-refractivity contribution in [2.24, 2.45) is 5.10 Å². The maximum Gasteiger partial charge on any atom is 0.343 e. The predicted molar refractivity (Wildman–Crippen MR) is 139 cm³/mol. The van der Waals surface area contributed by atoms with E-state index in [1.54, 1.807) is 79.9 Å². The fourth-order valence-electron chi connectivity index (χ4n) is 3.03. The smallest absolute Gasteiger partial charge is 0.343 e. The number of nitrogens with one attached hydrogen (secondary N) is 2. The molecule has 0 heterocycles. The minimum Gasteiger partial charge on any atom is -0.497 e. The zero-order chi connectivity index (χ0) is 26.5. The van der Waals surface area contributed by atoms with Crippen molar-refractivity contribution in [2.75, 3.05) is 20.3 Å². The first-order valence-corrected chi connectivity index (χ1v) is 11.8. The van der Waals surface area contributed by atoms with E-state index in [1.807, 2.05) is 0 Å². The standard InChI is InChI=1S/C28H29N3O6/c1-3-4-17-36-24-15-7-21(8-16-24)27(33)29-19-26(32)31-30-18-20-5-11-25(12-6-20)37-28(34)22-9-13-23(35-2)14-10-22/h5-16,18H,3-4,17,19H2,1-2H3,(H,29,33)(H,31,32). The van der Waals surface area contributed by atoms with Crippen LogP contribution in [-0.2, 0) is 4.79 Å². The SMILES string of the molecule is CCCCOc1ccc(C(=O)NCC(=O)NN=Cc2ccc(OC(=O)c3ccc(OC)cc3)cc2)cc1. The molecule has 0 atom stereocenters. The average molecular weight is 504 g/mol. The first-order chi connectivity index (χ1) is 18.0. The summed E-state index contributed by atoms with van der Waals surface area (Å²) in [6.07, 6.45) is 3.44. The van der Waals surface area contributed by atoms with E-state index in [-0.39, 0.29) is 12.5 Å². The number of hydrogen-bond donors (Lipinski definition) is 2. The van der Waals surface area contributed by atoms with Crippen LogP contribution in [0.1, 0.15) is 46.0 Å². The fraction of sp³-hybridized carbons (Fsp3) is 0.214. The molecule has 0 aliphatic rings. The molecule has 0 saturated heterocycles. The third kappa shape index (κ3) is 8.81. The van der Waals surface area contributed by atoms with Crippen molar-refractivity contribution in [3.05, 3.63) is 89.5 Å². The number of rotatable bonds is 12. The molecule has 192 valence electrons. The van der Waals surface area contributed by atoms with Gasteiger partial charge in [0.2, 0.25) is 0 Å². The van der Waals surface area contributed by atoms with E-state index in [0.717, 1.165) is 12.8 Å². The zero-order valence-electron chi connectivity index (χ0n) is 20.7. The van der Waals surface area contributed by atoms with E-state index in [2.05, 4.69) is 22.8 Å². The Morgan fingerprint density at radius 1 is 0.838 bits per heavy atom. The fourth-order valence-corrected chi connectivity index (χ4v) is 3.03. The highest BCUT2D eigenvalue weighted by molar-refractivity contribution is 5.96. The van der Waals surface area contributed by atoms with Crippen LogP contribution in [0.3, 0.4) is 0 Å². The second kappa shape index (κ2) is 14.0. The molecule has 3 rings (SSSR count). The third-order valence-electron chi connectivity index (χ3n) is 5.11. The molecule has 3 aromatic rings. The molecule has 0 aliphatic heterocycles. The number of methoxy groups -OCH3 is 1. The molecule has 2 amide bonds. The van der Waals surface area contributed by atoms with Crippen molar-refractivity contribution in [1.82, 2.24) is 10.7 Å². The lowest BCUT2D eigenvalue weighted by Crippen LogP contribution is -2.34. The van der Waals surface area contributed by atoms with Crippen LogP contribution >= 0.6 is 0 Å². The second-order valence-electron chi connectivity index (χ2n) is 7.89. The van der Waals surface area contributed by atoms with Gasteiger partial charge in [-0.2, -0.15) is 5.10 Å². The maximum absolute atomic E-state index is 12.2. The van der Waals surface area contributed by atoms with Crippen LogP contribution in [0.25, 0.3) is 0 Å². The van der Waals surface area contributed by atoms with Gasteiger partial charge in [0, 0.05) is 5.56 Å². The minimum atomic E-state index is -0.491. The molecule has 0 bridgehead atoms. The van der Waals surface area contributed by atoms with Crippen molar-refractivity contribution < 1.29 is 28.6 Å². The molecule has 37 heavy (non-hydrogen) atoms. The molecule has 0 fully saturated rings. The Hall–Kier alpha value is -4.66. The van der Waals surface area contributed by atoms with Gasteiger partial charge in [-0.05, 0) is 84.8 Å². The zero-order valence-corrected chi connectivity index (χ0v) is 20.7. The molecule has 9 heteroatoms. The molecule has 9 nitrogen and oxygen atoms in total. The van der Waals surface area contributed by atoms with Gasteiger partial charge >= 0.3 is 5.97 Å². The summed E-state index contributed by atoms with van der Waals surface area (Å²) in [6.45, 7) is 2.48. The summed E-state index contributed by atoms with van der Waals surface area (Å²) < 4.78 is 16.0. The summed E-state index contributed by atoms with van der Waals surface area (Å²) >= 11 is 0. The number of carbonyl (C=O) groups excluding carboxylic acids is 3. The number of amides is 2. The summed E-state index contributed by atoms with van der Waals surface area (Å²) in [4.78, 5) is 36.5. The quantitative estimate of drug-likeness (QED) is 0.127. The monoisotopic (exact) mass is 503 g/mol. The molecule has 0 aliphatic carbocycles. The van der Waals surface area contributed by atoms with Crippen LogP contribution in [0, 0.1) is 0 Å². The Labute approximate surface area is 215 Å². The number of hydrazone groups is 1. The number of esters is 1. The Bertz CT molecular complexity index is 1210. The van der Waals surface area contributed by atoms with Crippen LogP contribution in [0.4, 0.5) is 0 Å². The minimum absolute atomic E-state index is 0.231. The van der Waals surface area contributed by atoms with Gasteiger partial charge in [-0.3, -0.25) is 9.59 Å². The lowest BCUT2D eigenvalue weighted by Gasteiger charge is -2.07. The Kier molecular flexibility index (Phi) is 10.2. The molecule has 0 saturated carbocycles.